The maximum Gasteiger partial charge on any atom is 0.237 e. The molecule has 78 valence electrons. The molecule has 0 heterocycles. The average Bonchev–Trinajstić information content (AvgIpc) is 1.98. The third-order valence-electron chi connectivity index (χ3n) is 1.66. The quantitative estimate of drug-likeness (QED) is 0.676. The molecule has 0 bridgehead atoms. The van der Waals surface area contributed by atoms with Crippen LogP contribution in [0.25, 0.3) is 0 Å². The van der Waals surface area contributed by atoms with Crippen LogP contribution in [0, 0.1) is 5.92 Å². The zero-order valence-electron chi connectivity index (χ0n) is 9.35. The molecule has 0 saturated heterocycles. The summed E-state index contributed by atoms with van der Waals surface area (Å²) in [5, 5.41) is 6.04. The van der Waals surface area contributed by atoms with E-state index in [2.05, 4.69) is 24.5 Å². The lowest BCUT2D eigenvalue weighted by Crippen LogP contribution is -2.45. The Bertz CT molecular complexity index is 155. The lowest BCUT2D eigenvalue weighted by molar-refractivity contribution is -0.123. The molecule has 0 aromatic carbocycles. The van der Waals surface area contributed by atoms with Crippen LogP contribution in [0.3, 0.4) is 0 Å². The number of hydrogen-bond acceptors (Lipinski definition) is 2. The second kappa shape index (κ2) is 5.97. The molecular weight excluding hydrogens is 164 g/mol. The minimum atomic E-state index is -0.0928. The Labute approximate surface area is 81.3 Å². The number of rotatable bonds is 5. The van der Waals surface area contributed by atoms with E-state index in [1.165, 1.54) is 0 Å². The third kappa shape index (κ3) is 6.58. The van der Waals surface area contributed by atoms with E-state index in [9.17, 15) is 4.79 Å². The summed E-state index contributed by atoms with van der Waals surface area (Å²) in [6.07, 6.45) is 0. The van der Waals surface area contributed by atoms with Crippen LogP contribution in [0.5, 0.6) is 0 Å². The first-order valence-electron chi connectivity index (χ1n) is 4.97. The maximum absolute atomic E-state index is 11.4. The van der Waals surface area contributed by atoms with Crippen LogP contribution < -0.4 is 10.6 Å². The smallest absolute Gasteiger partial charge is 0.237 e. The molecule has 0 saturated carbocycles. The van der Waals surface area contributed by atoms with E-state index in [4.69, 9.17) is 0 Å². The van der Waals surface area contributed by atoms with E-state index in [1.54, 1.807) is 0 Å². The molecule has 0 radical (unpaired) electrons. The van der Waals surface area contributed by atoms with Crippen molar-refractivity contribution in [3.8, 4) is 0 Å². The topological polar surface area (TPSA) is 41.1 Å². The molecule has 0 fully saturated rings. The molecule has 0 aliphatic rings. The molecule has 0 aromatic rings. The molecule has 13 heavy (non-hydrogen) atoms. The molecule has 0 spiro atoms. The van der Waals surface area contributed by atoms with Gasteiger partial charge in [-0.05, 0) is 33.2 Å². The van der Waals surface area contributed by atoms with Gasteiger partial charge in [-0.25, -0.2) is 0 Å². The van der Waals surface area contributed by atoms with Crippen molar-refractivity contribution in [2.75, 3.05) is 6.54 Å². The van der Waals surface area contributed by atoms with Crippen molar-refractivity contribution in [2.45, 2.75) is 46.7 Å². The molecule has 0 rings (SSSR count). The Morgan fingerprint density at radius 3 is 2.08 bits per heavy atom. The zero-order valence-corrected chi connectivity index (χ0v) is 9.35. The molecule has 3 heteroatoms. The van der Waals surface area contributed by atoms with E-state index in [1.807, 2.05) is 20.8 Å². The van der Waals surface area contributed by atoms with Gasteiger partial charge in [-0.1, -0.05) is 13.8 Å². The summed E-state index contributed by atoms with van der Waals surface area (Å²) in [6.45, 7) is 11.0. The largest absolute Gasteiger partial charge is 0.353 e. The van der Waals surface area contributed by atoms with Gasteiger partial charge in [0.2, 0.25) is 5.91 Å². The Morgan fingerprint density at radius 1 is 1.15 bits per heavy atom. The summed E-state index contributed by atoms with van der Waals surface area (Å²) >= 11 is 0. The lowest BCUT2D eigenvalue weighted by atomic mass is 10.2. The van der Waals surface area contributed by atoms with Crippen LogP contribution in [0.4, 0.5) is 0 Å². The van der Waals surface area contributed by atoms with Crippen molar-refractivity contribution in [1.82, 2.24) is 10.6 Å². The SMILES string of the molecule is CC(C)CNC(C)C(=O)NC(C)C. The van der Waals surface area contributed by atoms with Crippen molar-refractivity contribution in [3.05, 3.63) is 0 Å². The predicted molar refractivity (Wildman–Crippen MR) is 55.6 cm³/mol. The Balaban J connectivity index is 3.69. The van der Waals surface area contributed by atoms with Gasteiger partial charge >= 0.3 is 0 Å². The Hall–Kier alpha value is -0.570. The molecule has 3 nitrogen and oxygen atoms in total. The predicted octanol–water partition coefficient (Wildman–Crippen LogP) is 1.15. The van der Waals surface area contributed by atoms with Gasteiger partial charge in [-0.2, -0.15) is 0 Å². The second-order valence-corrected chi connectivity index (χ2v) is 4.19. The first-order valence-corrected chi connectivity index (χ1v) is 4.97. The standard InChI is InChI=1S/C10H22N2O/c1-7(2)6-11-9(5)10(13)12-8(3)4/h7-9,11H,6H2,1-5H3,(H,12,13). The molecule has 0 aliphatic carbocycles. The fourth-order valence-electron chi connectivity index (χ4n) is 0.915. The first-order chi connectivity index (χ1) is 5.93. The fourth-order valence-corrected chi connectivity index (χ4v) is 0.915. The Kier molecular flexibility index (Phi) is 5.71. The zero-order chi connectivity index (χ0) is 10.4. The van der Waals surface area contributed by atoms with E-state index in [-0.39, 0.29) is 18.0 Å². The molecule has 0 aromatic heterocycles. The van der Waals surface area contributed by atoms with Gasteiger partial charge in [0, 0.05) is 6.04 Å². The van der Waals surface area contributed by atoms with Crippen molar-refractivity contribution >= 4 is 5.91 Å². The number of amides is 1. The van der Waals surface area contributed by atoms with Crippen molar-refractivity contribution < 1.29 is 4.79 Å². The van der Waals surface area contributed by atoms with Crippen molar-refractivity contribution in [2.24, 2.45) is 5.92 Å². The van der Waals surface area contributed by atoms with Crippen molar-refractivity contribution in [3.63, 3.8) is 0 Å². The fraction of sp³-hybridized carbons (Fsp3) is 0.900. The van der Waals surface area contributed by atoms with Crippen LogP contribution in [0.15, 0.2) is 0 Å². The minimum Gasteiger partial charge on any atom is -0.353 e. The highest BCUT2D eigenvalue weighted by Crippen LogP contribution is 1.90. The third-order valence-corrected chi connectivity index (χ3v) is 1.66. The normalized spacial score (nSPS) is 13.5. The molecule has 0 aliphatic heterocycles. The van der Waals surface area contributed by atoms with E-state index in [0.717, 1.165) is 6.54 Å². The summed E-state index contributed by atoms with van der Waals surface area (Å²) in [7, 11) is 0. The average molecular weight is 186 g/mol. The number of hydrogen-bond donors (Lipinski definition) is 2. The van der Waals surface area contributed by atoms with Gasteiger partial charge in [-0.15, -0.1) is 0 Å². The van der Waals surface area contributed by atoms with Gasteiger partial charge in [0.1, 0.15) is 0 Å². The highest BCUT2D eigenvalue weighted by Gasteiger charge is 2.12. The summed E-state index contributed by atoms with van der Waals surface area (Å²) < 4.78 is 0. The maximum atomic E-state index is 11.4. The molecule has 1 amide bonds. The summed E-state index contributed by atoms with van der Waals surface area (Å²) in [5.74, 6) is 0.657. The molecule has 1 unspecified atom stereocenters. The van der Waals surface area contributed by atoms with Crippen LogP contribution >= 0.6 is 0 Å². The summed E-state index contributed by atoms with van der Waals surface area (Å²) in [6, 6.07) is 0.126. The van der Waals surface area contributed by atoms with E-state index >= 15 is 0 Å². The summed E-state index contributed by atoms with van der Waals surface area (Å²) in [4.78, 5) is 11.4. The second-order valence-electron chi connectivity index (χ2n) is 4.19. The Morgan fingerprint density at radius 2 is 1.69 bits per heavy atom. The number of carbonyl (C=O) groups excluding carboxylic acids is 1. The highest BCUT2D eigenvalue weighted by atomic mass is 16.2. The molecule has 1 atom stereocenters. The number of nitrogens with one attached hydrogen (secondary N) is 2. The van der Waals surface area contributed by atoms with Crippen LogP contribution in [0.1, 0.15) is 34.6 Å². The van der Waals surface area contributed by atoms with Gasteiger partial charge in [0.15, 0.2) is 0 Å². The van der Waals surface area contributed by atoms with Gasteiger partial charge in [0.05, 0.1) is 6.04 Å². The molecular formula is C10H22N2O. The van der Waals surface area contributed by atoms with Gasteiger partial charge in [0.25, 0.3) is 0 Å². The van der Waals surface area contributed by atoms with E-state index in [0.29, 0.717) is 5.92 Å². The molecule has 2 N–H and O–H groups in total. The summed E-state index contributed by atoms with van der Waals surface area (Å²) in [5.41, 5.74) is 0. The van der Waals surface area contributed by atoms with Gasteiger partial charge in [-0.3, -0.25) is 4.79 Å². The minimum absolute atomic E-state index is 0.0793. The van der Waals surface area contributed by atoms with Crippen LogP contribution in [0.2, 0.25) is 0 Å². The number of carbonyl (C=O) groups is 1. The monoisotopic (exact) mass is 186 g/mol. The van der Waals surface area contributed by atoms with Gasteiger partial charge < -0.3 is 10.6 Å². The van der Waals surface area contributed by atoms with Crippen LogP contribution in [-0.4, -0.2) is 24.5 Å². The lowest BCUT2D eigenvalue weighted by Gasteiger charge is -2.16. The van der Waals surface area contributed by atoms with Crippen molar-refractivity contribution in [1.29, 1.82) is 0 Å². The van der Waals surface area contributed by atoms with Crippen LogP contribution in [-0.2, 0) is 4.79 Å². The highest BCUT2D eigenvalue weighted by molar-refractivity contribution is 5.81. The first kappa shape index (κ1) is 12.4. The van der Waals surface area contributed by atoms with E-state index < -0.39 is 0 Å².